The van der Waals surface area contributed by atoms with Gasteiger partial charge in [0.15, 0.2) is 5.78 Å². The van der Waals surface area contributed by atoms with Crippen molar-refractivity contribution in [3.63, 3.8) is 0 Å². The monoisotopic (exact) mass is 2060 g/mol. The molecule has 1 atom stereocenters. The fraction of sp³-hybridized carbons (Fsp3) is 0.717. The van der Waals surface area contributed by atoms with Gasteiger partial charge in [-0.15, -0.1) is 0 Å². The summed E-state index contributed by atoms with van der Waals surface area (Å²) < 4.78 is 40.2. The van der Waals surface area contributed by atoms with Crippen LogP contribution in [-0.2, 0) is 115 Å². The first-order chi connectivity index (χ1) is 69.3. The molecule has 145 heavy (non-hydrogen) atoms. The van der Waals surface area contributed by atoms with Crippen LogP contribution in [0.2, 0.25) is 0 Å². The summed E-state index contributed by atoms with van der Waals surface area (Å²) in [6.07, 6.45) is 41.0. The molecule has 0 spiro atoms. The van der Waals surface area contributed by atoms with Gasteiger partial charge in [0.25, 0.3) is 0 Å². The lowest BCUT2D eigenvalue weighted by Gasteiger charge is -2.21. The zero-order chi connectivity index (χ0) is 112. The molecule has 0 aliphatic rings. The predicted molar refractivity (Wildman–Crippen MR) is 582 cm³/mol. The highest BCUT2D eigenvalue weighted by molar-refractivity contribution is 5.91. The van der Waals surface area contributed by atoms with Crippen molar-refractivity contribution in [2.24, 2.45) is 11.8 Å². The van der Waals surface area contributed by atoms with E-state index >= 15 is 0 Å². The van der Waals surface area contributed by atoms with E-state index in [1.807, 2.05) is 41.5 Å². The second kappa shape index (κ2) is 111. The van der Waals surface area contributed by atoms with Crippen molar-refractivity contribution in [1.82, 2.24) is 39.2 Å². The molecule has 0 fully saturated rings. The van der Waals surface area contributed by atoms with Gasteiger partial charge in [0.05, 0.1) is 91.2 Å². The molecule has 838 valence electrons. The molecule has 0 aromatic heterocycles. The van der Waals surface area contributed by atoms with Crippen molar-refractivity contribution in [1.29, 1.82) is 0 Å². The summed E-state index contributed by atoms with van der Waals surface area (Å²) in [5.74, 6) is -1.89. The molecule has 0 saturated carbocycles. The van der Waals surface area contributed by atoms with E-state index in [4.69, 9.17) is 33.2 Å². The second-order valence-corrected chi connectivity index (χ2v) is 35.0. The summed E-state index contributed by atoms with van der Waals surface area (Å²) in [5.41, 5.74) is 0. The lowest BCUT2D eigenvalue weighted by Crippen LogP contribution is -2.33. The standard InChI is InChI=1S/2C18H33NO3.2C14H25NO3.2C13H23NO3.C12H21NO3.C11H19NO3/c1-5-9-11-16(7-3)15-22-18(21)12-14-19(13-10-6-2)17(20)8-4;1-4-7-9-10-11-15-22-16-17(20)12-14-19(13-8-5-2)18(21)6-3;1-5-7-9-15(13(16)6-2)10-8-14(17)18-11-12(3)4;1-4-7-10-15(13(16)6-3)11-9-14(17)18-12-8-5-2;1-5-7-9-14(12(15)6-2)10-8-13(16)17-11(3)4;1-4-7-9-14(12(15)6-3)10-8-13(16)17-11-5-2;1-4-7-9-13(11(14)5-2)10-8-12(15)16-6-3;1-4-6-8-12(10(13)5-2)9-7-11(14)15-3/h8,16H,4-7,9-15H2,1-3H3;6H,3-5,7-16H2,1-2H3;6,12H,2,5,7-11H2,1,3-4H3;6H,3-5,7-12H2,1-2H3;6,11H,2,5,7-10H2,1,3-4H3;6H,3-5,7-11H2,1-2H3;5H,2,4,6-10H2,1,3H3;5H,2,4,6-9H2,1,3H3. The number of Topliss-reactive ketones (excluding diaryl/α,β-unsaturated/α-hetero) is 1. The van der Waals surface area contributed by atoms with E-state index in [2.05, 4.69) is 134 Å². The molecular weight excluding hydrogens is 1850 g/mol. The van der Waals surface area contributed by atoms with E-state index in [1.165, 1.54) is 94.2 Å². The van der Waals surface area contributed by atoms with Gasteiger partial charge in [0.1, 0.15) is 6.61 Å². The Morgan fingerprint density at radius 3 is 0.759 bits per heavy atom. The topological polar surface area (TPSA) is 373 Å². The normalized spacial score (nSPS) is 10.2. The number of esters is 7. The van der Waals surface area contributed by atoms with E-state index in [9.17, 15) is 76.7 Å². The molecular formula is C113H202N8O24. The van der Waals surface area contributed by atoms with Gasteiger partial charge in [-0.3, -0.25) is 76.7 Å². The van der Waals surface area contributed by atoms with Gasteiger partial charge >= 0.3 is 41.8 Å². The quantitative estimate of drug-likeness (QED) is 0.0236. The fourth-order valence-electron chi connectivity index (χ4n) is 12.3. The van der Waals surface area contributed by atoms with Crippen LogP contribution in [0, 0.1) is 11.8 Å². The Hall–Kier alpha value is -10.4. The molecule has 0 saturated heterocycles. The molecule has 0 aromatic rings. The third-order valence-corrected chi connectivity index (χ3v) is 21.3. The van der Waals surface area contributed by atoms with Gasteiger partial charge in [-0.2, -0.15) is 0 Å². The number of carbonyl (C=O) groups excluding carboxylic acids is 16. The summed E-state index contributed by atoms with van der Waals surface area (Å²) in [5, 5.41) is 0. The number of unbranched alkanes of at least 4 members (excludes halogenated alkanes) is 14. The van der Waals surface area contributed by atoms with Crippen LogP contribution >= 0.6 is 0 Å². The number of methoxy groups -OCH3 is 1. The van der Waals surface area contributed by atoms with E-state index in [-0.39, 0.29) is 152 Å². The number of hydrogen-bond donors (Lipinski definition) is 0. The predicted octanol–water partition coefficient (Wildman–Crippen LogP) is 20.0. The zero-order valence-corrected chi connectivity index (χ0v) is 94.1. The van der Waals surface area contributed by atoms with Crippen LogP contribution in [0.1, 0.15) is 356 Å². The van der Waals surface area contributed by atoms with Gasteiger partial charge in [0, 0.05) is 118 Å². The minimum atomic E-state index is -0.298. The Labute approximate surface area is 877 Å². The zero-order valence-electron chi connectivity index (χ0n) is 94.1. The van der Waals surface area contributed by atoms with Gasteiger partial charge in [-0.25, -0.2) is 0 Å². The number of nitrogens with zero attached hydrogens (tertiary/aromatic N) is 8. The number of amides is 8. The van der Waals surface area contributed by atoms with Crippen molar-refractivity contribution in [2.45, 2.75) is 362 Å². The SMILES string of the molecule is C=CC(=O)N(CCCC)CCC(=O)COCCCCCCC.C=CC(=O)N(CCCC)CCC(=O)OC.C=CC(=O)N(CCCC)CCC(=O)OC(C)C.C=CC(=O)N(CCCC)CCC(=O)OCC.C=CC(=O)N(CCCC)CCC(=O)OCC(C)C.C=CC(=O)N(CCCC)CCC(=O)OCC(CC)CCCC.C=CC(=O)N(CCCC)CCC(=O)OCCC.C=CC(=O)N(CCCC)CCC(=O)OCCCC. The lowest BCUT2D eigenvalue weighted by molar-refractivity contribution is -0.148. The Kier molecular flexibility index (Phi) is 115. The molecule has 8 amide bonds. The van der Waals surface area contributed by atoms with Crippen LogP contribution in [0.15, 0.2) is 101 Å². The highest BCUT2D eigenvalue weighted by Gasteiger charge is 2.22. The molecule has 0 aromatic carbocycles. The lowest BCUT2D eigenvalue weighted by atomic mass is 10.0. The number of ether oxygens (including phenoxy) is 8. The van der Waals surface area contributed by atoms with Crippen LogP contribution in [0.3, 0.4) is 0 Å². The molecule has 32 heteroatoms. The Bertz CT molecular complexity index is 3480. The van der Waals surface area contributed by atoms with Crippen LogP contribution in [0.25, 0.3) is 0 Å². The minimum absolute atomic E-state index is 0.0620. The maximum absolute atomic E-state index is 11.8. The smallest absolute Gasteiger partial charge is 0.307 e. The average molecular weight is 2060 g/mol. The molecule has 0 N–H and O–H groups in total. The summed E-state index contributed by atoms with van der Waals surface area (Å²) in [6, 6.07) is 0. The molecule has 32 nitrogen and oxygen atoms in total. The molecule has 0 aliphatic carbocycles. The first-order valence-electron chi connectivity index (χ1n) is 53.8. The maximum atomic E-state index is 11.8. The summed E-state index contributed by atoms with van der Waals surface area (Å²) in [4.78, 5) is 197. The number of hydrogen-bond acceptors (Lipinski definition) is 24. The number of carbonyl (C=O) groups is 16. The summed E-state index contributed by atoms with van der Waals surface area (Å²) in [6.45, 7) is 75.8. The van der Waals surface area contributed by atoms with Crippen LogP contribution in [0.4, 0.5) is 0 Å². The Morgan fingerprint density at radius 1 is 0.248 bits per heavy atom. The third kappa shape index (κ3) is 99.4. The van der Waals surface area contributed by atoms with Gasteiger partial charge in [-0.05, 0) is 158 Å². The fourth-order valence-corrected chi connectivity index (χ4v) is 12.3. The van der Waals surface area contributed by atoms with E-state index in [0.29, 0.717) is 163 Å². The molecule has 0 radical (unpaired) electrons. The maximum Gasteiger partial charge on any atom is 0.307 e. The van der Waals surface area contributed by atoms with Gasteiger partial charge in [-0.1, -0.05) is 259 Å². The van der Waals surface area contributed by atoms with E-state index in [0.717, 1.165) is 141 Å². The number of rotatable bonds is 79. The van der Waals surface area contributed by atoms with E-state index < -0.39 is 0 Å². The van der Waals surface area contributed by atoms with Crippen molar-refractivity contribution in [2.75, 3.05) is 158 Å². The highest BCUT2D eigenvalue weighted by atomic mass is 16.6. The first-order valence-corrected chi connectivity index (χ1v) is 53.8. The van der Waals surface area contributed by atoms with Crippen molar-refractivity contribution < 1.29 is 115 Å². The Balaban J connectivity index is -0.000000247. The van der Waals surface area contributed by atoms with Crippen LogP contribution in [0.5, 0.6) is 0 Å². The average Bonchev–Trinajstić information content (AvgIpc) is 0.947. The van der Waals surface area contributed by atoms with Gasteiger partial charge in [0.2, 0.25) is 47.3 Å². The summed E-state index contributed by atoms with van der Waals surface area (Å²) in [7, 11) is 1.34. The largest absolute Gasteiger partial charge is 0.469 e. The molecule has 0 heterocycles. The van der Waals surface area contributed by atoms with Gasteiger partial charge < -0.3 is 77.1 Å². The van der Waals surface area contributed by atoms with Crippen LogP contribution in [-0.4, -0.2) is 298 Å². The third-order valence-electron chi connectivity index (χ3n) is 21.3. The van der Waals surface area contributed by atoms with Crippen LogP contribution < -0.4 is 0 Å². The molecule has 1 unspecified atom stereocenters. The number of ketones is 1. The molecule has 0 rings (SSSR count). The minimum Gasteiger partial charge on any atom is -0.469 e. The second-order valence-electron chi connectivity index (χ2n) is 35.0. The van der Waals surface area contributed by atoms with Crippen molar-refractivity contribution >= 4 is 94.8 Å². The Morgan fingerprint density at radius 2 is 0.503 bits per heavy atom. The molecule has 0 bridgehead atoms. The van der Waals surface area contributed by atoms with E-state index in [1.54, 1.807) is 46.1 Å². The van der Waals surface area contributed by atoms with Crippen molar-refractivity contribution in [3.05, 3.63) is 101 Å². The first kappa shape index (κ1) is 150. The summed E-state index contributed by atoms with van der Waals surface area (Å²) >= 11 is 0. The molecule has 0 aliphatic heterocycles. The van der Waals surface area contributed by atoms with Crippen molar-refractivity contribution in [3.8, 4) is 0 Å². The highest BCUT2D eigenvalue weighted by Crippen LogP contribution is 2.15.